The van der Waals surface area contributed by atoms with E-state index in [0.29, 0.717) is 5.92 Å². The second-order valence-electron chi connectivity index (χ2n) is 4.53. The molecule has 0 saturated heterocycles. The molecule has 3 heteroatoms. The lowest BCUT2D eigenvalue weighted by Gasteiger charge is -2.19. The van der Waals surface area contributed by atoms with Crippen molar-refractivity contribution in [3.8, 4) is 0 Å². The van der Waals surface area contributed by atoms with E-state index in [1.807, 2.05) is 17.5 Å². The molecule has 0 aliphatic carbocycles. The Morgan fingerprint density at radius 1 is 1.38 bits per heavy atom. The predicted molar refractivity (Wildman–Crippen MR) is 71.1 cm³/mol. The number of aryl methyl sites for hydroxylation is 1. The molecular formula is C13H18N2S. The molecule has 2 heterocycles. The zero-order valence-corrected chi connectivity index (χ0v) is 11.1. The summed E-state index contributed by atoms with van der Waals surface area (Å²) in [4.78, 5) is 6.12. The van der Waals surface area contributed by atoms with Gasteiger partial charge in [-0.2, -0.15) is 0 Å². The second-order valence-corrected chi connectivity index (χ2v) is 5.44. The van der Waals surface area contributed by atoms with E-state index in [1.54, 1.807) is 0 Å². The van der Waals surface area contributed by atoms with E-state index in [-0.39, 0.29) is 6.04 Å². The molecule has 0 bridgehead atoms. The van der Waals surface area contributed by atoms with Crippen molar-refractivity contribution in [1.29, 1.82) is 0 Å². The van der Waals surface area contributed by atoms with Crippen molar-refractivity contribution in [1.82, 2.24) is 5.32 Å². The molecule has 0 amide bonds. The molecule has 1 atom stereocenters. The normalized spacial score (nSPS) is 19.8. The summed E-state index contributed by atoms with van der Waals surface area (Å²) in [6, 6.07) is 0.206. The minimum Gasteiger partial charge on any atom is -0.350 e. The van der Waals surface area contributed by atoms with E-state index in [0.717, 1.165) is 5.84 Å². The Morgan fingerprint density at radius 2 is 2.12 bits per heavy atom. The van der Waals surface area contributed by atoms with Crippen LogP contribution in [0.4, 0.5) is 0 Å². The van der Waals surface area contributed by atoms with Gasteiger partial charge >= 0.3 is 0 Å². The Bertz CT molecular complexity index is 441. The van der Waals surface area contributed by atoms with Crippen LogP contribution in [0.25, 0.3) is 0 Å². The molecule has 0 fully saturated rings. The van der Waals surface area contributed by atoms with Gasteiger partial charge in [-0.1, -0.05) is 13.8 Å². The third-order valence-electron chi connectivity index (χ3n) is 2.93. The second kappa shape index (κ2) is 4.42. The molecule has 0 aromatic carbocycles. The maximum Gasteiger partial charge on any atom is 0.106 e. The Balaban J connectivity index is 2.31. The maximum atomic E-state index is 4.75. The van der Waals surface area contributed by atoms with Gasteiger partial charge in [0.15, 0.2) is 0 Å². The summed E-state index contributed by atoms with van der Waals surface area (Å²) in [7, 11) is 0. The molecular weight excluding hydrogens is 216 g/mol. The van der Waals surface area contributed by atoms with Crippen LogP contribution in [0.15, 0.2) is 22.6 Å². The highest BCUT2D eigenvalue weighted by atomic mass is 32.1. The van der Waals surface area contributed by atoms with Gasteiger partial charge in [0.2, 0.25) is 0 Å². The number of nitrogens with zero attached hydrogens (tertiary/aromatic N) is 1. The van der Waals surface area contributed by atoms with Crippen LogP contribution >= 0.6 is 11.3 Å². The van der Waals surface area contributed by atoms with Crippen LogP contribution in [0, 0.1) is 19.8 Å². The number of nitrogens with one attached hydrogen (secondary N) is 1. The third-order valence-corrected chi connectivity index (χ3v) is 4.20. The van der Waals surface area contributed by atoms with Gasteiger partial charge in [-0.25, -0.2) is 0 Å². The molecule has 1 aromatic heterocycles. The van der Waals surface area contributed by atoms with Crippen molar-refractivity contribution in [2.75, 3.05) is 0 Å². The Labute approximate surface area is 101 Å². The van der Waals surface area contributed by atoms with Crippen LogP contribution < -0.4 is 5.32 Å². The van der Waals surface area contributed by atoms with E-state index in [9.17, 15) is 0 Å². The summed E-state index contributed by atoms with van der Waals surface area (Å²) in [6.07, 6.45) is 4.14. The van der Waals surface area contributed by atoms with Gasteiger partial charge in [-0.15, -0.1) is 11.3 Å². The molecule has 2 nitrogen and oxygen atoms in total. The molecule has 1 N–H and O–H groups in total. The molecule has 16 heavy (non-hydrogen) atoms. The van der Waals surface area contributed by atoms with Crippen molar-refractivity contribution in [3.05, 3.63) is 33.7 Å². The van der Waals surface area contributed by atoms with Crippen molar-refractivity contribution in [3.63, 3.8) is 0 Å². The molecule has 1 unspecified atom stereocenters. The predicted octanol–water partition coefficient (Wildman–Crippen LogP) is 3.58. The topological polar surface area (TPSA) is 24.4 Å². The number of rotatable bonds is 2. The van der Waals surface area contributed by atoms with Crippen LogP contribution in [0.2, 0.25) is 0 Å². The van der Waals surface area contributed by atoms with E-state index in [1.165, 1.54) is 16.0 Å². The largest absolute Gasteiger partial charge is 0.350 e. The number of thiophene rings is 1. The molecule has 1 aromatic rings. The Morgan fingerprint density at radius 3 is 2.69 bits per heavy atom. The SMILES string of the molecule is Cc1csc(C2C=CNC(C(C)C)=N2)c1C. The first-order valence-corrected chi connectivity index (χ1v) is 6.53. The lowest BCUT2D eigenvalue weighted by molar-refractivity contribution is 0.787. The first-order chi connectivity index (χ1) is 7.59. The van der Waals surface area contributed by atoms with Gasteiger partial charge in [-0.05, 0) is 36.4 Å². The molecule has 2 rings (SSSR count). The summed E-state index contributed by atoms with van der Waals surface area (Å²) in [5.74, 6) is 1.53. The molecule has 86 valence electrons. The highest BCUT2D eigenvalue weighted by Crippen LogP contribution is 2.31. The Hall–Kier alpha value is -1.09. The monoisotopic (exact) mass is 234 g/mol. The minimum absolute atomic E-state index is 0.206. The van der Waals surface area contributed by atoms with Gasteiger partial charge in [0.25, 0.3) is 0 Å². The number of hydrogen-bond donors (Lipinski definition) is 1. The summed E-state index contributed by atoms with van der Waals surface area (Å²) in [5.41, 5.74) is 2.75. The smallest absolute Gasteiger partial charge is 0.106 e. The summed E-state index contributed by atoms with van der Waals surface area (Å²) in [5, 5.41) is 5.43. The standard InChI is InChI=1S/C13H18N2S/c1-8(2)13-14-6-5-11(15-13)12-10(4)9(3)7-16-12/h5-8,11H,1-4H3,(H,14,15). The number of amidine groups is 1. The molecule has 0 spiro atoms. The fourth-order valence-corrected chi connectivity index (χ4v) is 2.82. The zero-order valence-electron chi connectivity index (χ0n) is 10.2. The van der Waals surface area contributed by atoms with Crippen molar-refractivity contribution in [2.45, 2.75) is 33.7 Å². The molecule has 1 aliphatic heterocycles. The van der Waals surface area contributed by atoms with Crippen LogP contribution in [0.3, 0.4) is 0 Å². The minimum atomic E-state index is 0.206. The molecule has 0 saturated carbocycles. The van der Waals surface area contributed by atoms with Crippen LogP contribution in [0.5, 0.6) is 0 Å². The van der Waals surface area contributed by atoms with E-state index < -0.39 is 0 Å². The Kier molecular flexibility index (Phi) is 3.15. The van der Waals surface area contributed by atoms with Crippen molar-refractivity contribution < 1.29 is 0 Å². The lowest BCUT2D eigenvalue weighted by atomic mass is 10.1. The zero-order chi connectivity index (χ0) is 11.7. The first-order valence-electron chi connectivity index (χ1n) is 5.65. The van der Waals surface area contributed by atoms with Crippen molar-refractivity contribution in [2.24, 2.45) is 10.9 Å². The molecule has 0 radical (unpaired) electrons. The highest BCUT2D eigenvalue weighted by molar-refractivity contribution is 7.10. The van der Waals surface area contributed by atoms with Crippen molar-refractivity contribution >= 4 is 17.2 Å². The van der Waals surface area contributed by atoms with Gasteiger partial charge in [0.05, 0.1) is 0 Å². The van der Waals surface area contributed by atoms with Gasteiger partial charge in [-0.3, -0.25) is 4.99 Å². The maximum absolute atomic E-state index is 4.75. The van der Waals surface area contributed by atoms with Crippen LogP contribution in [0.1, 0.15) is 35.9 Å². The van der Waals surface area contributed by atoms with E-state index >= 15 is 0 Å². The number of aliphatic imine (C=N–C) groups is 1. The summed E-state index contributed by atoms with van der Waals surface area (Å²) < 4.78 is 0. The summed E-state index contributed by atoms with van der Waals surface area (Å²) in [6.45, 7) is 8.66. The number of hydrogen-bond acceptors (Lipinski definition) is 3. The fourth-order valence-electron chi connectivity index (χ4n) is 1.73. The molecule has 1 aliphatic rings. The quantitative estimate of drug-likeness (QED) is 0.831. The lowest BCUT2D eigenvalue weighted by Crippen LogP contribution is -2.26. The first kappa shape index (κ1) is 11.4. The van der Waals surface area contributed by atoms with Gasteiger partial charge in [0, 0.05) is 17.0 Å². The van der Waals surface area contributed by atoms with Gasteiger partial charge in [0.1, 0.15) is 11.9 Å². The van der Waals surface area contributed by atoms with E-state index in [2.05, 4.69) is 44.5 Å². The summed E-state index contributed by atoms with van der Waals surface area (Å²) >= 11 is 1.81. The average molecular weight is 234 g/mol. The van der Waals surface area contributed by atoms with Crippen LogP contribution in [-0.2, 0) is 0 Å². The third kappa shape index (κ3) is 2.05. The van der Waals surface area contributed by atoms with E-state index in [4.69, 9.17) is 4.99 Å². The van der Waals surface area contributed by atoms with Gasteiger partial charge < -0.3 is 5.32 Å². The highest BCUT2D eigenvalue weighted by Gasteiger charge is 2.17. The average Bonchev–Trinajstić information content (AvgIpc) is 2.60. The van der Waals surface area contributed by atoms with Crippen LogP contribution in [-0.4, -0.2) is 5.84 Å². The fraction of sp³-hybridized carbons (Fsp3) is 0.462.